The first-order valence-electron chi connectivity index (χ1n) is 6.25. The van der Waals surface area contributed by atoms with E-state index in [9.17, 15) is 4.79 Å². The summed E-state index contributed by atoms with van der Waals surface area (Å²) >= 11 is 6.15. The fraction of sp³-hybridized carbons (Fsp3) is 0.385. The first-order valence-corrected chi connectivity index (χ1v) is 6.63. The smallest absolute Gasteiger partial charge is 0.305 e. The Balaban J connectivity index is 2.46. The lowest BCUT2D eigenvalue weighted by atomic mass is 10.0. The molecule has 1 heterocycles. The van der Waals surface area contributed by atoms with Gasteiger partial charge < -0.3 is 5.11 Å². The van der Waals surface area contributed by atoms with E-state index < -0.39 is 5.97 Å². The van der Waals surface area contributed by atoms with Crippen LogP contribution in [0.4, 0.5) is 0 Å². The molecule has 20 heavy (non-hydrogen) atoms. The van der Waals surface area contributed by atoms with Crippen molar-refractivity contribution < 1.29 is 9.90 Å². The van der Waals surface area contributed by atoms with Gasteiger partial charge in [0.1, 0.15) is 0 Å². The van der Waals surface area contributed by atoms with Gasteiger partial charge in [-0.3, -0.25) is 4.79 Å². The Morgan fingerprint density at radius 2 is 2.10 bits per heavy atom. The van der Waals surface area contributed by atoms with Gasteiger partial charge in [-0.2, -0.15) is 0 Å². The maximum Gasteiger partial charge on any atom is 0.305 e. The van der Waals surface area contributed by atoms with Crippen molar-refractivity contribution >= 4 is 17.6 Å². The van der Waals surface area contributed by atoms with Crippen LogP contribution in [0.1, 0.15) is 26.3 Å². The fourth-order valence-electron chi connectivity index (χ4n) is 2.02. The Labute approximate surface area is 121 Å². The van der Waals surface area contributed by atoms with Crippen molar-refractivity contribution in [2.75, 3.05) is 0 Å². The van der Waals surface area contributed by atoms with Crippen LogP contribution < -0.4 is 0 Å². The highest BCUT2D eigenvalue weighted by atomic mass is 35.5. The highest BCUT2D eigenvalue weighted by molar-refractivity contribution is 6.33. The third-order valence-electron chi connectivity index (χ3n) is 3.08. The number of aliphatic carboxylic acids is 1. The van der Waals surface area contributed by atoms with Crippen LogP contribution in [-0.4, -0.2) is 31.3 Å². The number of carbonyl (C=O) groups is 1. The number of halogens is 1. The summed E-state index contributed by atoms with van der Waals surface area (Å²) in [4.78, 5) is 11.0. The van der Waals surface area contributed by atoms with Crippen molar-refractivity contribution in [3.63, 3.8) is 0 Å². The van der Waals surface area contributed by atoms with Gasteiger partial charge in [0.2, 0.25) is 0 Å². The molecule has 0 fully saturated rings. The molecule has 2 aromatic rings. The van der Waals surface area contributed by atoms with Gasteiger partial charge in [-0.05, 0) is 28.5 Å². The van der Waals surface area contributed by atoms with Crippen LogP contribution in [0.3, 0.4) is 0 Å². The van der Waals surface area contributed by atoms with E-state index in [1.54, 1.807) is 10.7 Å². The van der Waals surface area contributed by atoms with Crippen molar-refractivity contribution in [1.82, 2.24) is 20.2 Å². The average Bonchev–Trinajstić information content (AvgIpc) is 2.84. The fourth-order valence-corrected chi connectivity index (χ4v) is 2.24. The molecule has 106 valence electrons. The molecule has 0 aliphatic rings. The first-order chi connectivity index (χ1) is 9.50. The molecule has 1 aromatic heterocycles. The summed E-state index contributed by atoms with van der Waals surface area (Å²) in [6, 6.07) is 6.88. The SMILES string of the molecule is CC(C)C(CC(=O)O)n1nnnc1-c1ccccc1Cl. The zero-order chi connectivity index (χ0) is 14.7. The van der Waals surface area contributed by atoms with Crippen LogP contribution in [0, 0.1) is 5.92 Å². The van der Waals surface area contributed by atoms with Crippen molar-refractivity contribution in [1.29, 1.82) is 0 Å². The number of carboxylic acids is 1. The maximum absolute atomic E-state index is 11.0. The second-order valence-corrected chi connectivity index (χ2v) is 5.24. The van der Waals surface area contributed by atoms with E-state index in [1.165, 1.54) is 0 Å². The lowest BCUT2D eigenvalue weighted by Gasteiger charge is -2.20. The van der Waals surface area contributed by atoms with Crippen molar-refractivity contribution in [3.05, 3.63) is 29.3 Å². The van der Waals surface area contributed by atoms with Gasteiger partial charge >= 0.3 is 5.97 Å². The van der Waals surface area contributed by atoms with Gasteiger partial charge in [-0.1, -0.05) is 37.6 Å². The number of rotatable bonds is 5. The Morgan fingerprint density at radius 1 is 1.40 bits per heavy atom. The molecule has 0 aliphatic carbocycles. The normalized spacial score (nSPS) is 12.6. The van der Waals surface area contributed by atoms with Gasteiger partial charge in [-0.25, -0.2) is 4.68 Å². The third-order valence-corrected chi connectivity index (χ3v) is 3.40. The summed E-state index contributed by atoms with van der Waals surface area (Å²) in [7, 11) is 0. The van der Waals surface area contributed by atoms with E-state index in [2.05, 4.69) is 15.5 Å². The molecule has 7 heteroatoms. The van der Waals surface area contributed by atoms with Crippen molar-refractivity contribution in [2.24, 2.45) is 5.92 Å². The van der Waals surface area contributed by atoms with E-state index in [1.807, 2.05) is 32.0 Å². The Bertz CT molecular complexity index is 612. The van der Waals surface area contributed by atoms with E-state index >= 15 is 0 Å². The second-order valence-electron chi connectivity index (χ2n) is 4.84. The number of tetrazole rings is 1. The van der Waals surface area contributed by atoms with E-state index in [0.29, 0.717) is 16.4 Å². The third kappa shape index (κ3) is 2.96. The number of carboxylic acid groups (broad SMARTS) is 1. The maximum atomic E-state index is 11.0. The topological polar surface area (TPSA) is 80.9 Å². The average molecular weight is 295 g/mol. The monoisotopic (exact) mass is 294 g/mol. The predicted molar refractivity (Wildman–Crippen MR) is 74.4 cm³/mol. The van der Waals surface area contributed by atoms with Crippen LogP contribution in [0.15, 0.2) is 24.3 Å². The van der Waals surface area contributed by atoms with Crippen molar-refractivity contribution in [2.45, 2.75) is 26.3 Å². The molecule has 1 atom stereocenters. The first kappa shape index (κ1) is 14.5. The van der Waals surface area contributed by atoms with Crippen molar-refractivity contribution in [3.8, 4) is 11.4 Å². The number of aromatic nitrogens is 4. The summed E-state index contributed by atoms with van der Waals surface area (Å²) in [6.07, 6.45) is -0.0415. The number of nitrogens with zero attached hydrogens (tertiary/aromatic N) is 4. The Morgan fingerprint density at radius 3 is 2.70 bits per heavy atom. The predicted octanol–water partition coefficient (Wildman–Crippen LogP) is 2.67. The minimum Gasteiger partial charge on any atom is -0.481 e. The summed E-state index contributed by atoms with van der Waals surface area (Å²) in [5, 5.41) is 21.2. The summed E-state index contributed by atoms with van der Waals surface area (Å²) in [5.74, 6) is -0.323. The van der Waals surface area contributed by atoms with Gasteiger partial charge in [0.25, 0.3) is 0 Å². The molecule has 0 radical (unpaired) electrons. The van der Waals surface area contributed by atoms with Gasteiger partial charge in [-0.15, -0.1) is 5.10 Å². The lowest BCUT2D eigenvalue weighted by Crippen LogP contribution is -2.21. The minimum atomic E-state index is -0.885. The quantitative estimate of drug-likeness (QED) is 0.917. The molecule has 0 saturated carbocycles. The summed E-state index contributed by atoms with van der Waals surface area (Å²) in [5.41, 5.74) is 0.690. The molecular weight excluding hydrogens is 280 g/mol. The summed E-state index contributed by atoms with van der Waals surface area (Å²) in [6.45, 7) is 3.87. The minimum absolute atomic E-state index is 0.0415. The molecular formula is C13H15ClN4O2. The van der Waals surface area contributed by atoms with Crippen LogP contribution >= 0.6 is 11.6 Å². The van der Waals surface area contributed by atoms with E-state index in [4.69, 9.17) is 16.7 Å². The molecule has 0 spiro atoms. The van der Waals surface area contributed by atoms with Crippen LogP contribution in [-0.2, 0) is 4.79 Å². The zero-order valence-electron chi connectivity index (χ0n) is 11.2. The Hall–Kier alpha value is -1.95. The lowest BCUT2D eigenvalue weighted by molar-refractivity contribution is -0.138. The molecule has 1 aromatic carbocycles. The molecule has 6 nitrogen and oxygen atoms in total. The van der Waals surface area contributed by atoms with Gasteiger partial charge in [0.15, 0.2) is 5.82 Å². The number of hydrogen-bond acceptors (Lipinski definition) is 4. The van der Waals surface area contributed by atoms with Gasteiger partial charge in [0.05, 0.1) is 17.5 Å². The number of benzene rings is 1. The largest absolute Gasteiger partial charge is 0.481 e. The highest BCUT2D eigenvalue weighted by Crippen LogP contribution is 2.30. The molecule has 0 saturated heterocycles. The zero-order valence-corrected chi connectivity index (χ0v) is 11.9. The molecule has 1 unspecified atom stereocenters. The highest BCUT2D eigenvalue weighted by Gasteiger charge is 2.24. The van der Waals surface area contributed by atoms with E-state index in [0.717, 1.165) is 0 Å². The summed E-state index contributed by atoms with van der Waals surface area (Å²) < 4.78 is 1.54. The second kappa shape index (κ2) is 6.00. The van der Waals surface area contributed by atoms with Crippen LogP contribution in [0.5, 0.6) is 0 Å². The van der Waals surface area contributed by atoms with E-state index in [-0.39, 0.29) is 18.4 Å². The van der Waals surface area contributed by atoms with Crippen LogP contribution in [0.2, 0.25) is 5.02 Å². The Kier molecular flexibility index (Phi) is 4.34. The van der Waals surface area contributed by atoms with Gasteiger partial charge in [0, 0.05) is 5.56 Å². The molecule has 2 rings (SSSR count). The number of hydrogen-bond donors (Lipinski definition) is 1. The molecule has 0 aliphatic heterocycles. The molecule has 0 bridgehead atoms. The molecule has 1 N–H and O–H groups in total. The van der Waals surface area contributed by atoms with Crippen LogP contribution in [0.25, 0.3) is 11.4 Å². The standard InChI is InChI=1S/C13H15ClN4O2/c1-8(2)11(7-12(19)20)18-13(15-16-17-18)9-5-3-4-6-10(9)14/h3-6,8,11H,7H2,1-2H3,(H,19,20). The molecule has 0 amide bonds.